The smallest absolute Gasteiger partial charge is 0.390 e. The summed E-state index contributed by atoms with van der Waals surface area (Å²) < 4.78 is 52.0. The lowest BCUT2D eigenvalue weighted by molar-refractivity contribution is -0.137. The summed E-state index contributed by atoms with van der Waals surface area (Å²) in [6.07, 6.45) is -3.41. The number of aromatic nitrogens is 2. The van der Waals surface area contributed by atoms with Gasteiger partial charge in [0.15, 0.2) is 0 Å². The predicted molar refractivity (Wildman–Crippen MR) is 114 cm³/mol. The lowest BCUT2D eigenvalue weighted by Gasteiger charge is -2.19. The van der Waals surface area contributed by atoms with E-state index in [2.05, 4.69) is 29.1 Å². The van der Waals surface area contributed by atoms with E-state index in [0.717, 1.165) is 12.1 Å². The summed E-state index contributed by atoms with van der Waals surface area (Å²) in [5.41, 5.74) is -2.48. The van der Waals surface area contributed by atoms with Gasteiger partial charge in [-0.05, 0) is 26.0 Å². The fourth-order valence-corrected chi connectivity index (χ4v) is 2.39. The largest absolute Gasteiger partial charge is 0.416 e. The summed E-state index contributed by atoms with van der Waals surface area (Å²) in [6.45, 7) is 10.5. The Morgan fingerprint density at radius 2 is 1.84 bits per heavy atom. The molecule has 1 atom stereocenters. The number of benzene rings is 1. The van der Waals surface area contributed by atoms with Crippen LogP contribution in [0.3, 0.4) is 0 Å². The van der Waals surface area contributed by atoms with Gasteiger partial charge in [-0.15, -0.1) is 0 Å². The fraction of sp³-hybridized carbons (Fsp3) is 0.476. The average Bonchev–Trinajstić information content (AvgIpc) is 2.68. The number of aryl methyl sites for hydroxylation is 1. The lowest BCUT2D eigenvalue weighted by atomic mass is 10.0. The molecular weight excluding hydrogens is 416 g/mol. The van der Waals surface area contributed by atoms with E-state index in [9.17, 15) is 22.4 Å². The summed E-state index contributed by atoms with van der Waals surface area (Å²) in [7, 11) is 0. The van der Waals surface area contributed by atoms with Crippen LogP contribution in [0.5, 0.6) is 0 Å². The second-order valence-electron chi connectivity index (χ2n) is 6.32. The molecule has 2 aromatic rings. The van der Waals surface area contributed by atoms with Crippen molar-refractivity contribution in [2.75, 3.05) is 11.9 Å². The van der Waals surface area contributed by atoms with E-state index >= 15 is 0 Å². The second-order valence-corrected chi connectivity index (χ2v) is 6.32. The molecule has 0 aliphatic rings. The maximum atomic E-state index is 14.1. The number of H-pyrrole nitrogens is 1. The minimum atomic E-state index is -4.66. The second kappa shape index (κ2) is 12.8. The average molecular weight is 446 g/mol. The first-order valence-corrected chi connectivity index (χ1v) is 9.88. The van der Waals surface area contributed by atoms with Crippen molar-refractivity contribution in [1.29, 1.82) is 5.41 Å². The summed E-state index contributed by atoms with van der Waals surface area (Å²) in [4.78, 5) is 18.4. The number of hydrogen-bond acceptors (Lipinski definition) is 5. The molecule has 1 unspecified atom stereocenters. The molecule has 0 amide bonds. The zero-order chi connectivity index (χ0) is 24.4. The normalized spacial score (nSPS) is 11.5. The molecule has 1 aromatic heterocycles. The number of alkyl halides is 3. The van der Waals surface area contributed by atoms with Gasteiger partial charge in [0.2, 0.25) is 0 Å². The first-order chi connectivity index (χ1) is 14.5. The van der Waals surface area contributed by atoms with Gasteiger partial charge in [0, 0.05) is 5.56 Å². The fourth-order valence-electron chi connectivity index (χ4n) is 2.39. The molecule has 0 fully saturated rings. The number of aromatic amines is 1. The molecule has 31 heavy (non-hydrogen) atoms. The predicted octanol–water partition coefficient (Wildman–Crippen LogP) is 5.21. The molecule has 6 nitrogen and oxygen atoms in total. The highest BCUT2D eigenvalue weighted by molar-refractivity contribution is 6.02. The van der Waals surface area contributed by atoms with Gasteiger partial charge in [-0.3, -0.25) is 4.79 Å². The number of hydrogen-bond donors (Lipinski definition) is 4. The number of nitrogens with zero attached hydrogens (tertiary/aromatic N) is 1. The SMILES string of the molecule is CC.CCC.Cc1nc(NC(C)c2ccc(C(F)(F)F)cc2F)c(C(=N)CO)c(=O)[nH]1. The monoisotopic (exact) mass is 446 g/mol. The number of aliphatic hydroxyl groups excluding tert-OH is 1. The highest BCUT2D eigenvalue weighted by atomic mass is 19.4. The molecule has 0 saturated carbocycles. The number of nitrogens with one attached hydrogen (secondary N) is 3. The lowest BCUT2D eigenvalue weighted by Crippen LogP contribution is -2.26. The minimum Gasteiger partial charge on any atom is -0.390 e. The quantitative estimate of drug-likeness (QED) is 0.374. The zero-order valence-electron chi connectivity index (χ0n) is 18.5. The number of aliphatic hydroxyl groups is 1. The topological polar surface area (TPSA) is 102 Å². The first-order valence-electron chi connectivity index (χ1n) is 9.88. The van der Waals surface area contributed by atoms with Crippen molar-refractivity contribution in [3.8, 4) is 0 Å². The number of halogens is 4. The van der Waals surface area contributed by atoms with Crippen molar-refractivity contribution in [3.63, 3.8) is 0 Å². The third-order valence-electron chi connectivity index (χ3n) is 3.65. The van der Waals surface area contributed by atoms with Gasteiger partial charge in [0.25, 0.3) is 5.56 Å². The maximum absolute atomic E-state index is 14.1. The molecule has 174 valence electrons. The third-order valence-corrected chi connectivity index (χ3v) is 3.65. The molecule has 0 bridgehead atoms. The molecule has 1 aromatic carbocycles. The van der Waals surface area contributed by atoms with E-state index < -0.39 is 41.5 Å². The van der Waals surface area contributed by atoms with Crippen LogP contribution in [0.15, 0.2) is 23.0 Å². The molecule has 2 rings (SSSR count). The first kappa shape index (κ1) is 28.2. The minimum absolute atomic E-state index is 0.0702. The summed E-state index contributed by atoms with van der Waals surface area (Å²) >= 11 is 0. The van der Waals surface area contributed by atoms with Crippen LogP contribution in [0.2, 0.25) is 0 Å². The van der Waals surface area contributed by atoms with Crippen LogP contribution < -0.4 is 10.9 Å². The van der Waals surface area contributed by atoms with E-state index in [-0.39, 0.29) is 22.8 Å². The van der Waals surface area contributed by atoms with Crippen molar-refractivity contribution in [2.24, 2.45) is 0 Å². The molecule has 0 spiro atoms. The molecule has 4 N–H and O–H groups in total. The van der Waals surface area contributed by atoms with Gasteiger partial charge in [-0.25, -0.2) is 9.37 Å². The van der Waals surface area contributed by atoms with E-state index in [0.29, 0.717) is 6.07 Å². The Morgan fingerprint density at radius 1 is 1.29 bits per heavy atom. The maximum Gasteiger partial charge on any atom is 0.416 e. The highest BCUT2D eigenvalue weighted by Gasteiger charge is 2.31. The molecule has 0 aliphatic heterocycles. The van der Waals surface area contributed by atoms with Gasteiger partial charge in [0.05, 0.1) is 23.9 Å². The summed E-state index contributed by atoms with van der Waals surface area (Å²) in [5, 5.41) is 19.5. The molecule has 0 radical (unpaired) electrons. The van der Waals surface area contributed by atoms with Gasteiger partial charge < -0.3 is 20.8 Å². The van der Waals surface area contributed by atoms with E-state index in [1.54, 1.807) is 0 Å². The van der Waals surface area contributed by atoms with E-state index in [1.165, 1.54) is 20.3 Å². The Kier molecular flexibility index (Phi) is 11.7. The van der Waals surface area contributed by atoms with Crippen molar-refractivity contribution in [1.82, 2.24) is 9.97 Å². The van der Waals surface area contributed by atoms with Crippen LogP contribution in [-0.2, 0) is 6.18 Å². The molecule has 0 aliphatic carbocycles. The molecule has 1 heterocycles. The standard InChI is InChI=1S/C16H16F4N4O2.C3H8.C2H6/c1-7(10-4-3-9(5-11(10)17)16(18,19)20)22-14-13(12(21)6-25)15(26)24-8(2)23-14;1-3-2;1-2/h3-5,7,21,25H,6H2,1-2H3,(H2,22,23,24,26);3H2,1-2H3;1-2H3. The highest BCUT2D eigenvalue weighted by Crippen LogP contribution is 2.32. The van der Waals surface area contributed by atoms with Crippen molar-refractivity contribution in [3.05, 3.63) is 56.9 Å². The molecule has 0 saturated heterocycles. The Balaban J connectivity index is 0.00000165. The van der Waals surface area contributed by atoms with Crippen LogP contribution in [0.4, 0.5) is 23.4 Å². The van der Waals surface area contributed by atoms with Crippen LogP contribution in [0.1, 0.15) is 69.6 Å². The Labute approximate surface area is 179 Å². The van der Waals surface area contributed by atoms with E-state index in [4.69, 9.17) is 10.5 Å². The summed E-state index contributed by atoms with van der Waals surface area (Å²) in [6, 6.07) is 1.29. The van der Waals surface area contributed by atoms with Crippen molar-refractivity contribution < 1.29 is 22.7 Å². The Bertz CT molecular complexity index is 911. The van der Waals surface area contributed by atoms with E-state index in [1.807, 2.05) is 13.8 Å². The van der Waals surface area contributed by atoms with Crippen LogP contribution in [-0.4, -0.2) is 27.4 Å². The summed E-state index contributed by atoms with van der Waals surface area (Å²) in [5.74, 6) is -0.927. The van der Waals surface area contributed by atoms with Crippen molar-refractivity contribution in [2.45, 2.75) is 60.2 Å². The number of rotatable bonds is 5. The molecular formula is C21H30F4N4O2. The van der Waals surface area contributed by atoms with Crippen LogP contribution in [0, 0.1) is 18.2 Å². The van der Waals surface area contributed by atoms with Gasteiger partial charge >= 0.3 is 6.18 Å². The van der Waals surface area contributed by atoms with Gasteiger partial charge in [-0.2, -0.15) is 13.2 Å². The van der Waals surface area contributed by atoms with Gasteiger partial charge in [0.1, 0.15) is 23.0 Å². The van der Waals surface area contributed by atoms with Crippen LogP contribution in [0.25, 0.3) is 0 Å². The van der Waals surface area contributed by atoms with Crippen LogP contribution >= 0.6 is 0 Å². The molecule has 10 heteroatoms. The van der Waals surface area contributed by atoms with Gasteiger partial charge in [-0.1, -0.05) is 40.2 Å². The Morgan fingerprint density at radius 3 is 2.29 bits per heavy atom. The van der Waals surface area contributed by atoms with Crippen molar-refractivity contribution >= 4 is 11.5 Å². The number of anilines is 1. The third kappa shape index (κ3) is 8.12. The zero-order valence-corrected chi connectivity index (χ0v) is 18.5. The Hall–Kier alpha value is -2.75.